The second-order valence-electron chi connectivity index (χ2n) is 6.55. The van der Waals surface area contributed by atoms with Gasteiger partial charge < -0.3 is 4.98 Å². The van der Waals surface area contributed by atoms with Crippen molar-refractivity contribution in [1.82, 2.24) is 14.5 Å². The van der Waals surface area contributed by atoms with Crippen LogP contribution in [0.1, 0.15) is 20.8 Å². The lowest BCUT2D eigenvalue weighted by Crippen LogP contribution is -2.19. The van der Waals surface area contributed by atoms with Crippen molar-refractivity contribution in [2.75, 3.05) is 5.32 Å². The first-order chi connectivity index (χ1) is 14.3. The fourth-order valence-corrected chi connectivity index (χ4v) is 4.42. The highest BCUT2D eigenvalue weighted by Gasteiger charge is 2.12. The van der Waals surface area contributed by atoms with E-state index in [9.17, 15) is 9.59 Å². The summed E-state index contributed by atoms with van der Waals surface area (Å²) in [5.74, 6) is -0.331. The number of hydrogen-bond acceptors (Lipinski definition) is 5. The molecule has 0 saturated heterocycles. The number of benzene rings is 2. The van der Waals surface area contributed by atoms with Gasteiger partial charge in [0, 0.05) is 40.2 Å². The van der Waals surface area contributed by atoms with Gasteiger partial charge in [0.2, 0.25) is 0 Å². The van der Waals surface area contributed by atoms with Crippen molar-refractivity contribution in [3.8, 4) is 0 Å². The van der Waals surface area contributed by atoms with Crippen LogP contribution in [0.4, 0.5) is 5.13 Å². The fourth-order valence-electron chi connectivity index (χ4n) is 2.92. The SMILES string of the molecule is Cn1c(=S)[nH]c2cc(C(=O)Nc3ncc(Cc4ccc(Cl)cc4Cl)s3)ccc2c1=O. The van der Waals surface area contributed by atoms with Gasteiger partial charge in [0.15, 0.2) is 9.90 Å². The van der Waals surface area contributed by atoms with Gasteiger partial charge in [-0.2, -0.15) is 0 Å². The molecule has 152 valence electrons. The lowest BCUT2D eigenvalue weighted by molar-refractivity contribution is 0.102. The number of nitrogens with zero attached hydrogens (tertiary/aromatic N) is 2. The van der Waals surface area contributed by atoms with E-state index in [4.69, 9.17) is 35.4 Å². The number of carbonyl (C=O) groups excluding carboxylic acids is 1. The highest BCUT2D eigenvalue weighted by atomic mass is 35.5. The normalized spacial score (nSPS) is 11.0. The standard InChI is InChI=1S/C20H14Cl2N4O2S2/c1-26-18(28)14-5-3-11(7-16(14)24-20(26)29)17(27)25-19-23-9-13(30-19)6-10-2-4-12(21)8-15(10)22/h2-5,7-9H,6H2,1H3,(H,24,29)(H,23,25,27). The van der Waals surface area contributed by atoms with Gasteiger partial charge in [0.25, 0.3) is 11.5 Å². The lowest BCUT2D eigenvalue weighted by atomic mass is 10.1. The number of anilines is 1. The summed E-state index contributed by atoms with van der Waals surface area (Å²) < 4.78 is 1.64. The molecule has 0 aliphatic rings. The molecule has 4 aromatic rings. The summed E-state index contributed by atoms with van der Waals surface area (Å²) in [5, 5.41) is 4.87. The number of H-pyrrole nitrogens is 1. The highest BCUT2D eigenvalue weighted by molar-refractivity contribution is 7.71. The predicted molar refractivity (Wildman–Crippen MR) is 124 cm³/mol. The minimum atomic E-state index is -0.331. The zero-order valence-electron chi connectivity index (χ0n) is 15.5. The van der Waals surface area contributed by atoms with Crippen LogP contribution in [0.25, 0.3) is 10.9 Å². The molecule has 0 bridgehead atoms. The Bertz CT molecular complexity index is 1410. The van der Waals surface area contributed by atoms with Crippen LogP contribution in [0.3, 0.4) is 0 Å². The van der Waals surface area contributed by atoms with Crippen molar-refractivity contribution in [2.24, 2.45) is 7.05 Å². The van der Waals surface area contributed by atoms with Crippen molar-refractivity contribution < 1.29 is 4.79 Å². The number of hydrogen-bond donors (Lipinski definition) is 2. The molecule has 0 saturated carbocycles. The van der Waals surface area contributed by atoms with Crippen LogP contribution in [0.5, 0.6) is 0 Å². The third kappa shape index (κ3) is 4.17. The summed E-state index contributed by atoms with van der Waals surface area (Å²) in [6.45, 7) is 0. The number of thiazole rings is 1. The summed E-state index contributed by atoms with van der Waals surface area (Å²) in [5.41, 5.74) is 1.60. The van der Waals surface area contributed by atoms with Crippen LogP contribution >= 0.6 is 46.8 Å². The first-order valence-electron chi connectivity index (χ1n) is 8.75. The highest BCUT2D eigenvalue weighted by Crippen LogP contribution is 2.27. The second kappa shape index (κ2) is 8.31. The quantitative estimate of drug-likeness (QED) is 0.396. The van der Waals surface area contributed by atoms with E-state index in [0.717, 1.165) is 10.4 Å². The van der Waals surface area contributed by atoms with Crippen LogP contribution in [0.15, 0.2) is 47.4 Å². The van der Waals surface area contributed by atoms with E-state index < -0.39 is 0 Å². The Balaban J connectivity index is 1.54. The van der Waals surface area contributed by atoms with Crippen molar-refractivity contribution in [1.29, 1.82) is 0 Å². The number of rotatable bonds is 4. The van der Waals surface area contributed by atoms with Crippen LogP contribution in [-0.4, -0.2) is 20.4 Å². The average molecular weight is 477 g/mol. The van der Waals surface area contributed by atoms with Gasteiger partial charge in [-0.25, -0.2) is 4.98 Å². The number of fused-ring (bicyclic) bond motifs is 1. The van der Waals surface area contributed by atoms with Gasteiger partial charge in [-0.05, 0) is 48.1 Å². The van der Waals surface area contributed by atoms with E-state index in [-0.39, 0.29) is 16.2 Å². The Morgan fingerprint density at radius 1 is 1.27 bits per heavy atom. The second-order valence-corrected chi connectivity index (χ2v) is 8.90. The van der Waals surface area contributed by atoms with Gasteiger partial charge in [-0.1, -0.05) is 29.3 Å². The molecule has 2 aromatic heterocycles. The molecule has 6 nitrogen and oxygen atoms in total. The molecular weight excluding hydrogens is 463 g/mol. The number of carbonyl (C=O) groups is 1. The minimum absolute atomic E-state index is 0.217. The van der Waals surface area contributed by atoms with Gasteiger partial charge >= 0.3 is 0 Å². The van der Waals surface area contributed by atoms with E-state index >= 15 is 0 Å². The van der Waals surface area contributed by atoms with Crippen molar-refractivity contribution in [2.45, 2.75) is 6.42 Å². The van der Waals surface area contributed by atoms with Crippen LogP contribution in [0.2, 0.25) is 10.0 Å². The van der Waals surface area contributed by atoms with Crippen molar-refractivity contribution in [3.63, 3.8) is 0 Å². The third-order valence-electron chi connectivity index (χ3n) is 4.52. The third-order valence-corrected chi connectivity index (χ3v) is 6.39. The molecule has 4 rings (SSSR count). The van der Waals surface area contributed by atoms with E-state index in [2.05, 4.69) is 15.3 Å². The number of amides is 1. The molecule has 0 fully saturated rings. The Morgan fingerprint density at radius 3 is 2.83 bits per heavy atom. The maximum Gasteiger partial charge on any atom is 0.261 e. The van der Waals surface area contributed by atoms with E-state index in [1.54, 1.807) is 43.6 Å². The lowest BCUT2D eigenvalue weighted by Gasteiger charge is -2.05. The minimum Gasteiger partial charge on any atom is -0.332 e. The molecule has 2 aromatic carbocycles. The zero-order chi connectivity index (χ0) is 21.4. The first kappa shape index (κ1) is 20.7. The Hall–Kier alpha value is -2.52. The molecule has 2 heterocycles. The first-order valence-corrected chi connectivity index (χ1v) is 10.7. The maximum atomic E-state index is 12.7. The van der Waals surface area contributed by atoms with E-state index in [0.29, 0.717) is 38.1 Å². The largest absolute Gasteiger partial charge is 0.332 e. The van der Waals surface area contributed by atoms with Gasteiger partial charge in [-0.3, -0.25) is 19.5 Å². The molecule has 0 unspecified atom stereocenters. The summed E-state index contributed by atoms with van der Waals surface area (Å²) in [4.78, 5) is 33.1. The predicted octanol–water partition coefficient (Wildman–Crippen LogP) is 5.20. The number of nitrogens with one attached hydrogen (secondary N) is 2. The molecule has 0 radical (unpaired) electrons. The Labute approximate surface area is 190 Å². The number of halogens is 2. The van der Waals surface area contributed by atoms with E-state index in [1.165, 1.54) is 15.9 Å². The molecule has 0 aliphatic heterocycles. The Morgan fingerprint density at radius 2 is 2.07 bits per heavy atom. The molecule has 1 amide bonds. The van der Waals surface area contributed by atoms with Gasteiger partial charge in [0.05, 0.1) is 10.9 Å². The Kier molecular flexibility index (Phi) is 5.75. The van der Waals surface area contributed by atoms with Gasteiger partial charge in [-0.15, -0.1) is 11.3 Å². The fraction of sp³-hybridized carbons (Fsp3) is 0.100. The summed E-state index contributed by atoms with van der Waals surface area (Å²) in [7, 11) is 1.60. The summed E-state index contributed by atoms with van der Waals surface area (Å²) in [6.07, 6.45) is 2.28. The van der Waals surface area contributed by atoms with E-state index in [1.807, 2.05) is 6.07 Å². The molecular formula is C20H14Cl2N4O2S2. The van der Waals surface area contributed by atoms with Crippen LogP contribution < -0.4 is 10.9 Å². The summed E-state index contributed by atoms with van der Waals surface area (Å²) >= 11 is 18.7. The zero-order valence-corrected chi connectivity index (χ0v) is 18.7. The average Bonchev–Trinajstić information content (AvgIpc) is 3.15. The maximum absolute atomic E-state index is 12.7. The van der Waals surface area contributed by atoms with Crippen LogP contribution in [-0.2, 0) is 13.5 Å². The number of aromatic nitrogens is 3. The van der Waals surface area contributed by atoms with Crippen molar-refractivity contribution in [3.05, 3.63) is 83.8 Å². The smallest absolute Gasteiger partial charge is 0.261 e. The summed E-state index contributed by atoms with van der Waals surface area (Å²) in [6, 6.07) is 10.1. The van der Waals surface area contributed by atoms with Crippen LogP contribution in [0, 0.1) is 4.77 Å². The topological polar surface area (TPSA) is 79.8 Å². The molecule has 0 spiro atoms. The molecule has 0 atom stereocenters. The molecule has 2 N–H and O–H groups in total. The van der Waals surface area contributed by atoms with Gasteiger partial charge in [0.1, 0.15) is 0 Å². The molecule has 30 heavy (non-hydrogen) atoms. The van der Waals surface area contributed by atoms with Crippen molar-refractivity contribution >= 4 is 68.7 Å². The number of aromatic amines is 1. The molecule has 10 heteroatoms. The molecule has 0 aliphatic carbocycles. The monoisotopic (exact) mass is 476 g/mol.